The van der Waals surface area contributed by atoms with Crippen LogP contribution in [0.15, 0.2) is 0 Å². The third kappa shape index (κ3) is 25.5. The highest BCUT2D eigenvalue weighted by Gasteiger charge is 2.03. The van der Waals surface area contributed by atoms with Gasteiger partial charge in [0, 0.05) is 6.42 Å². The maximum Gasteiger partial charge on any atom is 0.305 e. The fourth-order valence-corrected chi connectivity index (χ4v) is 4.10. The van der Waals surface area contributed by atoms with E-state index in [4.69, 9.17) is 4.74 Å². The van der Waals surface area contributed by atoms with Gasteiger partial charge in [-0.2, -0.15) is 0 Å². The molecular formula is C28H56O2. The molecule has 0 N–H and O–H groups in total. The average Bonchev–Trinajstić information content (AvgIpc) is 2.72. The van der Waals surface area contributed by atoms with E-state index in [0.717, 1.165) is 19.3 Å². The van der Waals surface area contributed by atoms with Gasteiger partial charge in [-0.3, -0.25) is 4.79 Å². The van der Waals surface area contributed by atoms with E-state index in [1.165, 1.54) is 116 Å². The zero-order chi connectivity index (χ0) is 22.1. The molecule has 180 valence electrons. The molecule has 0 aliphatic rings. The monoisotopic (exact) mass is 424 g/mol. The van der Waals surface area contributed by atoms with Crippen LogP contribution in [0.4, 0.5) is 0 Å². The number of esters is 1. The zero-order valence-corrected chi connectivity index (χ0v) is 21.2. The van der Waals surface area contributed by atoms with Gasteiger partial charge in [0.15, 0.2) is 0 Å². The minimum Gasteiger partial charge on any atom is -0.466 e. The van der Waals surface area contributed by atoms with Crippen molar-refractivity contribution in [3.8, 4) is 0 Å². The van der Waals surface area contributed by atoms with Crippen LogP contribution in [0.25, 0.3) is 0 Å². The molecular weight excluding hydrogens is 368 g/mol. The number of ether oxygens (including phenoxy) is 1. The van der Waals surface area contributed by atoms with Crippen LogP contribution in [0.3, 0.4) is 0 Å². The van der Waals surface area contributed by atoms with Crippen molar-refractivity contribution in [1.82, 2.24) is 0 Å². The van der Waals surface area contributed by atoms with Crippen LogP contribution in [0.1, 0.15) is 162 Å². The summed E-state index contributed by atoms with van der Waals surface area (Å²) in [5.74, 6) is 0.703. The Bertz CT molecular complexity index is 338. The van der Waals surface area contributed by atoms with Crippen molar-refractivity contribution < 1.29 is 9.53 Å². The van der Waals surface area contributed by atoms with Crippen molar-refractivity contribution in [2.45, 2.75) is 162 Å². The van der Waals surface area contributed by atoms with Crippen molar-refractivity contribution in [3.63, 3.8) is 0 Å². The molecule has 0 rings (SSSR count). The molecule has 2 nitrogen and oxygen atoms in total. The lowest BCUT2D eigenvalue weighted by Crippen LogP contribution is -2.06. The average molecular weight is 425 g/mol. The van der Waals surface area contributed by atoms with Gasteiger partial charge in [0.25, 0.3) is 0 Å². The normalized spacial score (nSPS) is 11.3. The van der Waals surface area contributed by atoms with Crippen LogP contribution >= 0.6 is 0 Å². The first-order valence-electron chi connectivity index (χ1n) is 13.8. The number of carbonyl (C=O) groups is 1. The second-order valence-corrected chi connectivity index (χ2v) is 9.87. The van der Waals surface area contributed by atoms with Crippen LogP contribution < -0.4 is 0 Å². The Kier molecular flexibility index (Phi) is 24.3. The molecule has 0 bridgehead atoms. The van der Waals surface area contributed by atoms with Gasteiger partial charge in [-0.25, -0.2) is 0 Å². The molecule has 0 saturated carbocycles. The number of unbranched alkanes of at least 4 members (excludes halogenated alkanes) is 18. The summed E-state index contributed by atoms with van der Waals surface area (Å²) in [4.78, 5) is 11.6. The van der Waals surface area contributed by atoms with E-state index >= 15 is 0 Å². The number of rotatable bonds is 24. The lowest BCUT2D eigenvalue weighted by molar-refractivity contribution is -0.143. The minimum absolute atomic E-state index is 0.00531. The highest BCUT2D eigenvalue weighted by Crippen LogP contribution is 2.15. The molecule has 0 heterocycles. The second kappa shape index (κ2) is 24.7. The van der Waals surface area contributed by atoms with Crippen molar-refractivity contribution >= 4 is 5.97 Å². The summed E-state index contributed by atoms with van der Waals surface area (Å²) in [6.45, 7) is 7.32. The van der Waals surface area contributed by atoms with Gasteiger partial charge in [0.05, 0.1) is 6.61 Å². The van der Waals surface area contributed by atoms with Gasteiger partial charge in [-0.05, 0) is 25.2 Å². The first-order chi connectivity index (χ1) is 14.7. The summed E-state index contributed by atoms with van der Waals surface area (Å²) in [7, 11) is 0. The van der Waals surface area contributed by atoms with E-state index in [-0.39, 0.29) is 5.97 Å². The van der Waals surface area contributed by atoms with Gasteiger partial charge in [0.2, 0.25) is 0 Å². The molecule has 0 aliphatic heterocycles. The Labute approximate surface area is 190 Å². The molecule has 0 atom stereocenters. The van der Waals surface area contributed by atoms with Gasteiger partial charge < -0.3 is 4.74 Å². The molecule has 30 heavy (non-hydrogen) atoms. The molecule has 0 saturated heterocycles. The van der Waals surface area contributed by atoms with Crippen LogP contribution in [-0.4, -0.2) is 12.6 Å². The predicted molar refractivity (Wildman–Crippen MR) is 133 cm³/mol. The molecule has 2 heteroatoms. The predicted octanol–water partition coefficient (Wildman–Crippen LogP) is 9.79. The Balaban J connectivity index is 3.10. The van der Waals surface area contributed by atoms with Crippen LogP contribution in [0.5, 0.6) is 0 Å². The third-order valence-corrected chi connectivity index (χ3v) is 6.17. The molecule has 0 spiro atoms. The summed E-state index contributed by atoms with van der Waals surface area (Å²) < 4.78 is 5.29. The van der Waals surface area contributed by atoms with E-state index in [2.05, 4.69) is 20.8 Å². The summed E-state index contributed by atoms with van der Waals surface area (Å²) in [6.07, 6.45) is 29.0. The van der Waals surface area contributed by atoms with Crippen molar-refractivity contribution in [1.29, 1.82) is 0 Å². The molecule has 0 aromatic carbocycles. The molecule has 0 fully saturated rings. The van der Waals surface area contributed by atoms with Crippen molar-refractivity contribution in [2.75, 3.05) is 6.61 Å². The summed E-state index contributed by atoms with van der Waals surface area (Å²) in [6, 6.07) is 0. The topological polar surface area (TPSA) is 26.3 Å². The molecule has 0 aromatic heterocycles. The molecule has 0 amide bonds. The van der Waals surface area contributed by atoms with Gasteiger partial charge >= 0.3 is 5.97 Å². The quantitative estimate of drug-likeness (QED) is 0.114. The van der Waals surface area contributed by atoms with E-state index < -0.39 is 0 Å². The summed E-state index contributed by atoms with van der Waals surface area (Å²) in [5.41, 5.74) is 0. The maximum absolute atomic E-state index is 11.6. The zero-order valence-electron chi connectivity index (χ0n) is 21.2. The van der Waals surface area contributed by atoms with E-state index in [0.29, 0.717) is 18.9 Å². The van der Waals surface area contributed by atoms with Crippen LogP contribution in [0.2, 0.25) is 0 Å². The standard InChI is InChI=1S/C28H56O2/c1-4-5-6-7-8-9-10-11-12-13-14-15-16-17-18-19-20-21-22-25-28(29)30-26-23-24-27(2)3/h27H,4-26H2,1-3H3. The number of hydrogen-bond acceptors (Lipinski definition) is 2. The SMILES string of the molecule is CCCCCCCCCCCCCCCCCCCCCC(=O)OCCCC(C)C. The summed E-state index contributed by atoms with van der Waals surface area (Å²) >= 11 is 0. The fraction of sp³-hybridized carbons (Fsp3) is 0.964. The third-order valence-electron chi connectivity index (χ3n) is 6.17. The minimum atomic E-state index is 0.00531. The van der Waals surface area contributed by atoms with Crippen LogP contribution in [-0.2, 0) is 9.53 Å². The van der Waals surface area contributed by atoms with Crippen molar-refractivity contribution in [2.24, 2.45) is 5.92 Å². The Hall–Kier alpha value is -0.530. The highest BCUT2D eigenvalue weighted by molar-refractivity contribution is 5.69. The Morgan fingerprint density at radius 3 is 1.30 bits per heavy atom. The largest absolute Gasteiger partial charge is 0.466 e. The van der Waals surface area contributed by atoms with Crippen LogP contribution in [0, 0.1) is 5.92 Å². The van der Waals surface area contributed by atoms with Gasteiger partial charge in [-0.15, -0.1) is 0 Å². The Morgan fingerprint density at radius 2 is 0.933 bits per heavy atom. The fourth-order valence-electron chi connectivity index (χ4n) is 4.10. The lowest BCUT2D eigenvalue weighted by Gasteiger charge is -2.06. The Morgan fingerprint density at radius 1 is 0.567 bits per heavy atom. The molecule has 0 aromatic rings. The number of hydrogen-bond donors (Lipinski definition) is 0. The maximum atomic E-state index is 11.6. The van der Waals surface area contributed by atoms with E-state index in [9.17, 15) is 4.79 Å². The smallest absolute Gasteiger partial charge is 0.305 e. The highest BCUT2D eigenvalue weighted by atomic mass is 16.5. The summed E-state index contributed by atoms with van der Waals surface area (Å²) in [5, 5.41) is 0. The lowest BCUT2D eigenvalue weighted by atomic mass is 10.0. The first kappa shape index (κ1) is 29.5. The first-order valence-corrected chi connectivity index (χ1v) is 13.8. The van der Waals surface area contributed by atoms with Gasteiger partial charge in [0.1, 0.15) is 0 Å². The van der Waals surface area contributed by atoms with E-state index in [1.807, 2.05) is 0 Å². The number of carbonyl (C=O) groups excluding carboxylic acids is 1. The molecule has 0 unspecified atom stereocenters. The van der Waals surface area contributed by atoms with E-state index in [1.54, 1.807) is 0 Å². The molecule has 0 aliphatic carbocycles. The second-order valence-electron chi connectivity index (χ2n) is 9.87. The van der Waals surface area contributed by atoms with Crippen molar-refractivity contribution in [3.05, 3.63) is 0 Å². The molecule has 0 radical (unpaired) electrons. The van der Waals surface area contributed by atoms with Gasteiger partial charge in [-0.1, -0.05) is 136 Å².